The predicted molar refractivity (Wildman–Crippen MR) is 99.3 cm³/mol. The van der Waals surface area contributed by atoms with E-state index in [1.165, 1.54) is 25.7 Å². The number of aromatic nitrogens is 1. The van der Waals surface area contributed by atoms with Crippen LogP contribution in [0.3, 0.4) is 0 Å². The van der Waals surface area contributed by atoms with Gasteiger partial charge in [0, 0.05) is 25.0 Å². The molecule has 2 aromatic rings. The van der Waals surface area contributed by atoms with Crippen LogP contribution >= 0.6 is 11.8 Å². The number of hydrogen-bond acceptors (Lipinski definition) is 4. The number of pyridine rings is 1. The van der Waals surface area contributed by atoms with Crippen molar-refractivity contribution in [3.8, 4) is 6.07 Å². The Labute approximate surface area is 152 Å². The summed E-state index contributed by atoms with van der Waals surface area (Å²) in [6.07, 6.45) is 6.69. The van der Waals surface area contributed by atoms with Gasteiger partial charge in [0.15, 0.2) is 0 Å². The molecule has 1 fully saturated rings. The smallest absolute Gasteiger partial charge is 0.256 e. The quantitative estimate of drug-likeness (QED) is 0.807. The molecule has 1 aromatic carbocycles. The number of nitriles is 1. The molecule has 0 radical (unpaired) electrons. The summed E-state index contributed by atoms with van der Waals surface area (Å²) in [7, 11) is 1.79. The molecule has 0 aliphatic heterocycles. The molecule has 0 N–H and O–H groups in total. The van der Waals surface area contributed by atoms with E-state index >= 15 is 0 Å². The van der Waals surface area contributed by atoms with Crippen molar-refractivity contribution in [2.75, 3.05) is 7.05 Å². The molecule has 1 aliphatic rings. The highest BCUT2D eigenvalue weighted by Gasteiger charge is 2.22. The number of benzene rings is 1. The van der Waals surface area contributed by atoms with Crippen LogP contribution in [0.25, 0.3) is 0 Å². The first-order chi connectivity index (χ1) is 12.2. The molecule has 1 amide bonds. The highest BCUT2D eigenvalue weighted by molar-refractivity contribution is 7.99. The second kappa shape index (κ2) is 8.17. The van der Waals surface area contributed by atoms with Crippen LogP contribution in [0.5, 0.6) is 0 Å². The van der Waals surface area contributed by atoms with E-state index in [-0.39, 0.29) is 5.91 Å². The number of carbonyl (C=O) groups is 1. The van der Waals surface area contributed by atoms with E-state index in [4.69, 9.17) is 5.26 Å². The van der Waals surface area contributed by atoms with E-state index in [2.05, 4.69) is 11.1 Å². The third-order valence-electron chi connectivity index (χ3n) is 4.40. The molecule has 1 aromatic heterocycles. The maximum absolute atomic E-state index is 12.9. The van der Waals surface area contributed by atoms with E-state index in [0.717, 1.165) is 10.6 Å². The van der Waals surface area contributed by atoms with Gasteiger partial charge < -0.3 is 4.90 Å². The fraction of sp³-hybridized carbons (Fsp3) is 0.350. The molecule has 0 atom stereocenters. The van der Waals surface area contributed by atoms with Gasteiger partial charge in [-0.15, -0.1) is 11.8 Å². The van der Waals surface area contributed by atoms with Crippen LogP contribution in [0.4, 0.5) is 0 Å². The van der Waals surface area contributed by atoms with Crippen molar-refractivity contribution in [3.63, 3.8) is 0 Å². The van der Waals surface area contributed by atoms with Crippen molar-refractivity contribution in [3.05, 3.63) is 59.3 Å². The predicted octanol–water partition coefficient (Wildman–Crippen LogP) is 4.26. The second-order valence-corrected chi connectivity index (χ2v) is 7.64. The minimum atomic E-state index is -0.0315. The molecule has 0 saturated heterocycles. The normalized spacial score (nSPS) is 14.2. The second-order valence-electron chi connectivity index (χ2n) is 6.35. The Kier molecular flexibility index (Phi) is 5.72. The van der Waals surface area contributed by atoms with Gasteiger partial charge in [0.2, 0.25) is 0 Å². The third kappa shape index (κ3) is 4.40. The Morgan fingerprint density at radius 1 is 1.32 bits per heavy atom. The van der Waals surface area contributed by atoms with Crippen LogP contribution in [0, 0.1) is 11.3 Å². The highest BCUT2D eigenvalue weighted by atomic mass is 32.2. The fourth-order valence-electron chi connectivity index (χ4n) is 3.10. The summed E-state index contributed by atoms with van der Waals surface area (Å²) in [4.78, 5) is 19.0. The molecule has 1 aliphatic carbocycles. The number of amides is 1. The fourth-order valence-corrected chi connectivity index (χ4v) is 4.39. The molecular formula is C20H21N3OS. The van der Waals surface area contributed by atoms with Crippen LogP contribution in [-0.2, 0) is 6.54 Å². The summed E-state index contributed by atoms with van der Waals surface area (Å²) < 4.78 is 0. The Bertz CT molecular complexity index is 794. The lowest BCUT2D eigenvalue weighted by Crippen LogP contribution is -2.27. The molecule has 128 valence electrons. The van der Waals surface area contributed by atoms with Gasteiger partial charge >= 0.3 is 0 Å². The third-order valence-corrected chi connectivity index (χ3v) is 5.76. The molecule has 1 saturated carbocycles. The topological polar surface area (TPSA) is 57.0 Å². The maximum Gasteiger partial charge on any atom is 0.256 e. The van der Waals surface area contributed by atoms with Gasteiger partial charge in [0.25, 0.3) is 5.91 Å². The zero-order valence-corrected chi connectivity index (χ0v) is 15.1. The van der Waals surface area contributed by atoms with Gasteiger partial charge in [-0.1, -0.05) is 25.0 Å². The van der Waals surface area contributed by atoms with Crippen LogP contribution in [-0.4, -0.2) is 28.1 Å². The summed E-state index contributed by atoms with van der Waals surface area (Å²) in [5.41, 5.74) is 2.22. The van der Waals surface area contributed by atoms with Gasteiger partial charge in [-0.2, -0.15) is 5.26 Å². The van der Waals surface area contributed by atoms with Crippen molar-refractivity contribution >= 4 is 17.7 Å². The van der Waals surface area contributed by atoms with Gasteiger partial charge in [-0.05, 0) is 42.7 Å². The molecule has 5 heteroatoms. The van der Waals surface area contributed by atoms with E-state index in [0.29, 0.717) is 22.9 Å². The average Bonchev–Trinajstić information content (AvgIpc) is 3.15. The molecule has 3 rings (SSSR count). The zero-order valence-electron chi connectivity index (χ0n) is 14.3. The number of thioether (sulfide) groups is 1. The van der Waals surface area contributed by atoms with Crippen LogP contribution in [0.2, 0.25) is 0 Å². The van der Waals surface area contributed by atoms with Crippen molar-refractivity contribution in [2.45, 2.75) is 42.5 Å². The number of rotatable bonds is 5. The van der Waals surface area contributed by atoms with Crippen LogP contribution in [0.1, 0.15) is 47.2 Å². The van der Waals surface area contributed by atoms with Crippen LogP contribution in [0.15, 0.2) is 47.6 Å². The van der Waals surface area contributed by atoms with Gasteiger partial charge in [-0.25, -0.2) is 4.98 Å². The Morgan fingerprint density at radius 2 is 2.12 bits per heavy atom. The number of hydrogen-bond donors (Lipinski definition) is 0. The number of nitrogens with zero attached hydrogens (tertiary/aromatic N) is 3. The zero-order chi connectivity index (χ0) is 17.6. The SMILES string of the molecule is CN(Cc1cccc(C#N)c1)C(=O)c1cccnc1SC1CCCC1. The highest BCUT2D eigenvalue weighted by Crippen LogP contribution is 2.35. The summed E-state index contributed by atoms with van der Waals surface area (Å²) in [6, 6.07) is 13.2. The van der Waals surface area contributed by atoms with E-state index in [9.17, 15) is 4.79 Å². The maximum atomic E-state index is 12.9. The molecule has 25 heavy (non-hydrogen) atoms. The molecular weight excluding hydrogens is 330 g/mol. The average molecular weight is 351 g/mol. The standard InChI is InChI=1S/C20H21N3OS/c1-23(14-16-7-4-6-15(12-16)13-21)20(24)18-10-5-11-22-19(18)25-17-8-2-3-9-17/h4-7,10-12,17H,2-3,8-9,14H2,1H3. The minimum absolute atomic E-state index is 0.0315. The lowest BCUT2D eigenvalue weighted by Gasteiger charge is -2.19. The Morgan fingerprint density at radius 3 is 2.88 bits per heavy atom. The monoisotopic (exact) mass is 351 g/mol. The molecule has 0 unspecified atom stereocenters. The van der Waals surface area contributed by atoms with Crippen molar-refractivity contribution < 1.29 is 4.79 Å². The molecule has 0 spiro atoms. The van der Waals surface area contributed by atoms with Crippen molar-refractivity contribution in [1.82, 2.24) is 9.88 Å². The molecule has 0 bridgehead atoms. The largest absolute Gasteiger partial charge is 0.337 e. The Hall–Kier alpha value is -2.32. The van der Waals surface area contributed by atoms with Gasteiger partial charge in [0.1, 0.15) is 5.03 Å². The van der Waals surface area contributed by atoms with Gasteiger partial charge in [-0.3, -0.25) is 4.79 Å². The lowest BCUT2D eigenvalue weighted by atomic mass is 10.1. The van der Waals surface area contributed by atoms with Gasteiger partial charge in [0.05, 0.1) is 17.2 Å². The first-order valence-electron chi connectivity index (χ1n) is 8.53. The molecule has 4 nitrogen and oxygen atoms in total. The summed E-state index contributed by atoms with van der Waals surface area (Å²) in [6.45, 7) is 0.469. The van der Waals surface area contributed by atoms with Crippen molar-refractivity contribution in [2.24, 2.45) is 0 Å². The Balaban J connectivity index is 1.74. The molecule has 1 heterocycles. The summed E-state index contributed by atoms with van der Waals surface area (Å²) in [5, 5.41) is 10.4. The van der Waals surface area contributed by atoms with Crippen molar-refractivity contribution in [1.29, 1.82) is 5.26 Å². The summed E-state index contributed by atoms with van der Waals surface area (Å²) in [5.74, 6) is -0.0315. The van der Waals surface area contributed by atoms with E-state index in [1.54, 1.807) is 36.0 Å². The number of carbonyl (C=O) groups excluding carboxylic acids is 1. The first-order valence-corrected chi connectivity index (χ1v) is 9.41. The van der Waals surface area contributed by atoms with E-state index in [1.807, 2.05) is 30.3 Å². The first kappa shape index (κ1) is 17.5. The van der Waals surface area contributed by atoms with Crippen LogP contribution < -0.4 is 0 Å². The lowest BCUT2D eigenvalue weighted by molar-refractivity contribution is 0.0781. The minimum Gasteiger partial charge on any atom is -0.337 e. The van der Waals surface area contributed by atoms with E-state index < -0.39 is 0 Å². The summed E-state index contributed by atoms with van der Waals surface area (Å²) >= 11 is 1.73.